The molecule has 2 heterocycles. The third kappa shape index (κ3) is 4.99. The molecule has 2 N–H and O–H groups in total. The van der Waals surface area contributed by atoms with Gasteiger partial charge in [-0.05, 0) is 50.6 Å². The number of furan rings is 1. The van der Waals surface area contributed by atoms with Crippen molar-refractivity contribution in [1.29, 1.82) is 0 Å². The van der Waals surface area contributed by atoms with E-state index in [1.807, 2.05) is 52.2 Å². The molecular weight excluding hydrogens is 396 g/mol. The molecule has 0 saturated heterocycles. The van der Waals surface area contributed by atoms with Gasteiger partial charge < -0.3 is 24.1 Å². The Hall–Kier alpha value is -3.06. The molecule has 1 aromatic heterocycles. The SMILES string of the molecule is Cc1ccc(C(=O)C2=C(O)C(=O)N(CCC[NH+](C)C)[C@H]2c2ccc(OC(C)C)cc2)o1. The molecule has 3 rings (SSSR count). The van der Waals surface area contributed by atoms with Crippen molar-refractivity contribution < 1.29 is 28.7 Å². The second-order valence-electron chi connectivity index (χ2n) is 8.45. The summed E-state index contributed by atoms with van der Waals surface area (Å²) in [6, 6.07) is 9.87. The van der Waals surface area contributed by atoms with Gasteiger partial charge in [-0.25, -0.2) is 0 Å². The summed E-state index contributed by atoms with van der Waals surface area (Å²) in [4.78, 5) is 29.0. The Bertz CT molecular complexity index is 972. The number of aliphatic hydroxyl groups is 1. The van der Waals surface area contributed by atoms with Gasteiger partial charge in [0.2, 0.25) is 5.78 Å². The summed E-state index contributed by atoms with van der Waals surface area (Å²) in [6.07, 6.45) is 0.778. The number of Topliss-reactive ketones (excluding diaryl/α,β-unsaturated/α-hetero) is 1. The maximum absolute atomic E-state index is 13.2. The summed E-state index contributed by atoms with van der Waals surface area (Å²) < 4.78 is 11.2. The van der Waals surface area contributed by atoms with E-state index in [-0.39, 0.29) is 17.4 Å². The fourth-order valence-electron chi connectivity index (χ4n) is 3.76. The van der Waals surface area contributed by atoms with Crippen molar-refractivity contribution in [2.45, 2.75) is 39.3 Å². The second kappa shape index (κ2) is 9.39. The summed E-state index contributed by atoms with van der Waals surface area (Å²) >= 11 is 0. The predicted molar refractivity (Wildman–Crippen MR) is 116 cm³/mol. The molecule has 7 heteroatoms. The maximum atomic E-state index is 13.2. The second-order valence-corrected chi connectivity index (χ2v) is 8.45. The number of hydrogen-bond donors (Lipinski definition) is 2. The fraction of sp³-hybridized carbons (Fsp3) is 0.417. The van der Waals surface area contributed by atoms with E-state index >= 15 is 0 Å². The van der Waals surface area contributed by atoms with Gasteiger partial charge in [0.15, 0.2) is 11.5 Å². The molecule has 1 aliphatic rings. The number of nitrogens with zero attached hydrogens (tertiary/aromatic N) is 1. The van der Waals surface area contributed by atoms with E-state index in [0.717, 1.165) is 18.5 Å². The maximum Gasteiger partial charge on any atom is 0.290 e. The van der Waals surface area contributed by atoms with Crippen LogP contribution in [0.3, 0.4) is 0 Å². The van der Waals surface area contributed by atoms with Gasteiger partial charge in [-0.2, -0.15) is 0 Å². The van der Waals surface area contributed by atoms with E-state index in [0.29, 0.717) is 18.1 Å². The van der Waals surface area contributed by atoms with Gasteiger partial charge in [-0.1, -0.05) is 12.1 Å². The Balaban J connectivity index is 1.98. The number of nitrogens with one attached hydrogen (secondary N) is 1. The number of quaternary nitrogens is 1. The molecule has 0 saturated carbocycles. The van der Waals surface area contributed by atoms with Crippen LogP contribution >= 0.6 is 0 Å². The molecule has 0 bridgehead atoms. The number of aliphatic hydroxyl groups excluding tert-OH is 1. The number of carbonyl (C=O) groups excluding carboxylic acids is 2. The molecule has 1 aromatic carbocycles. The lowest BCUT2D eigenvalue weighted by atomic mass is 9.95. The number of benzene rings is 1. The molecule has 2 aromatic rings. The lowest BCUT2D eigenvalue weighted by Gasteiger charge is -2.27. The summed E-state index contributed by atoms with van der Waals surface area (Å²) in [5, 5.41) is 10.7. The van der Waals surface area contributed by atoms with Crippen LogP contribution in [0.2, 0.25) is 0 Å². The first-order valence-corrected chi connectivity index (χ1v) is 10.6. The van der Waals surface area contributed by atoms with Crippen LogP contribution in [0, 0.1) is 6.92 Å². The number of carbonyl (C=O) groups is 2. The molecule has 166 valence electrons. The molecule has 31 heavy (non-hydrogen) atoms. The van der Waals surface area contributed by atoms with Crippen LogP contribution in [0.1, 0.15) is 48.2 Å². The van der Waals surface area contributed by atoms with Crippen LogP contribution in [0.25, 0.3) is 0 Å². The quantitative estimate of drug-likeness (QED) is 0.601. The van der Waals surface area contributed by atoms with Crippen LogP contribution in [-0.4, -0.2) is 55.0 Å². The Morgan fingerprint density at radius 2 is 1.87 bits per heavy atom. The van der Waals surface area contributed by atoms with Crippen molar-refractivity contribution in [3.63, 3.8) is 0 Å². The first-order valence-electron chi connectivity index (χ1n) is 10.6. The highest BCUT2D eigenvalue weighted by Gasteiger charge is 2.44. The topological polar surface area (TPSA) is 84.4 Å². The van der Waals surface area contributed by atoms with E-state index in [9.17, 15) is 14.7 Å². The molecule has 0 unspecified atom stereocenters. The van der Waals surface area contributed by atoms with E-state index in [1.54, 1.807) is 24.0 Å². The first kappa shape index (κ1) is 22.6. The van der Waals surface area contributed by atoms with E-state index in [2.05, 4.69) is 0 Å². The van der Waals surface area contributed by atoms with Crippen molar-refractivity contribution in [3.8, 4) is 5.75 Å². The van der Waals surface area contributed by atoms with E-state index in [4.69, 9.17) is 9.15 Å². The smallest absolute Gasteiger partial charge is 0.290 e. The number of ketones is 1. The highest BCUT2D eigenvalue weighted by Crippen LogP contribution is 2.39. The molecule has 1 aliphatic heterocycles. The van der Waals surface area contributed by atoms with Gasteiger partial charge in [0, 0.05) is 13.0 Å². The fourth-order valence-corrected chi connectivity index (χ4v) is 3.76. The number of ether oxygens (including phenoxy) is 1. The van der Waals surface area contributed by atoms with Crippen LogP contribution < -0.4 is 9.64 Å². The Kier molecular flexibility index (Phi) is 6.85. The minimum absolute atomic E-state index is 0.0345. The molecular formula is C24H31N2O5+. The van der Waals surface area contributed by atoms with E-state index in [1.165, 1.54) is 4.90 Å². The normalized spacial score (nSPS) is 16.7. The Morgan fingerprint density at radius 3 is 2.42 bits per heavy atom. The summed E-state index contributed by atoms with van der Waals surface area (Å²) in [6.45, 7) is 6.92. The van der Waals surface area contributed by atoms with Crippen LogP contribution in [0.5, 0.6) is 5.75 Å². The average Bonchev–Trinajstić information content (AvgIpc) is 3.24. The largest absolute Gasteiger partial charge is 0.503 e. The van der Waals surface area contributed by atoms with Crippen LogP contribution in [0.4, 0.5) is 0 Å². The third-order valence-corrected chi connectivity index (χ3v) is 5.16. The lowest BCUT2D eigenvalue weighted by Crippen LogP contribution is -3.05. The number of amides is 1. The monoisotopic (exact) mass is 427 g/mol. The summed E-state index contributed by atoms with van der Waals surface area (Å²) in [7, 11) is 4.08. The lowest BCUT2D eigenvalue weighted by molar-refractivity contribution is -0.858. The van der Waals surface area contributed by atoms with Crippen molar-refractivity contribution in [2.75, 3.05) is 27.2 Å². The average molecular weight is 428 g/mol. The Labute approximate surface area is 182 Å². The predicted octanol–water partition coefficient (Wildman–Crippen LogP) is 2.49. The van der Waals surface area contributed by atoms with Gasteiger partial charge in [-0.3, -0.25) is 9.59 Å². The van der Waals surface area contributed by atoms with Gasteiger partial charge in [-0.15, -0.1) is 0 Å². The minimum Gasteiger partial charge on any atom is -0.503 e. The first-order chi connectivity index (χ1) is 14.7. The number of hydrogen-bond acceptors (Lipinski definition) is 5. The molecule has 0 spiro atoms. The third-order valence-electron chi connectivity index (χ3n) is 5.16. The molecule has 1 atom stereocenters. The Morgan fingerprint density at radius 1 is 1.19 bits per heavy atom. The van der Waals surface area contributed by atoms with Crippen molar-refractivity contribution >= 4 is 11.7 Å². The standard InChI is InChI=1S/C24H30N2O5/c1-15(2)30-18-10-8-17(9-11-18)21-20(22(27)19-12-7-16(3)31-19)23(28)24(29)26(21)14-6-13-25(4)5/h7-12,15,21,28H,6,13-14H2,1-5H3/p+1/t21-/m0/s1. The number of aryl methyl sites for hydroxylation is 1. The zero-order valence-corrected chi connectivity index (χ0v) is 18.8. The van der Waals surface area contributed by atoms with Crippen LogP contribution in [0.15, 0.2) is 52.1 Å². The van der Waals surface area contributed by atoms with Crippen LogP contribution in [-0.2, 0) is 4.79 Å². The molecule has 0 fully saturated rings. The van der Waals surface area contributed by atoms with Crippen molar-refractivity contribution in [2.24, 2.45) is 0 Å². The molecule has 1 amide bonds. The molecule has 0 aliphatic carbocycles. The molecule has 7 nitrogen and oxygen atoms in total. The van der Waals surface area contributed by atoms with Gasteiger partial charge in [0.1, 0.15) is 11.5 Å². The molecule has 0 radical (unpaired) electrons. The summed E-state index contributed by atoms with van der Waals surface area (Å²) in [5.41, 5.74) is 0.784. The van der Waals surface area contributed by atoms with Gasteiger partial charge >= 0.3 is 0 Å². The van der Waals surface area contributed by atoms with Gasteiger partial charge in [0.05, 0.1) is 38.4 Å². The minimum atomic E-state index is -0.685. The summed E-state index contributed by atoms with van der Waals surface area (Å²) in [5.74, 6) is -0.126. The highest BCUT2D eigenvalue weighted by molar-refractivity contribution is 6.15. The zero-order valence-electron chi connectivity index (χ0n) is 18.8. The van der Waals surface area contributed by atoms with Gasteiger partial charge in [0.25, 0.3) is 5.91 Å². The zero-order chi connectivity index (χ0) is 22.7. The van der Waals surface area contributed by atoms with Crippen molar-refractivity contribution in [1.82, 2.24) is 4.90 Å². The van der Waals surface area contributed by atoms with E-state index < -0.39 is 23.5 Å². The highest BCUT2D eigenvalue weighted by atomic mass is 16.5. The van der Waals surface area contributed by atoms with Crippen molar-refractivity contribution in [3.05, 3.63) is 64.8 Å². The number of rotatable bonds is 9.